The minimum Gasteiger partial charge on any atom is -0.399 e. The van der Waals surface area contributed by atoms with Crippen molar-refractivity contribution >= 4 is 24.0 Å². The highest BCUT2D eigenvalue weighted by atomic mass is 35.5. The Balaban J connectivity index is 0.00000361. The molecule has 0 saturated heterocycles. The molecule has 1 aromatic rings. The zero-order valence-electron chi connectivity index (χ0n) is 12.7. The molecule has 0 aliphatic carbocycles. The van der Waals surface area contributed by atoms with Crippen molar-refractivity contribution in [3.8, 4) is 0 Å². The highest BCUT2D eigenvalue weighted by Crippen LogP contribution is 2.16. The molecule has 20 heavy (non-hydrogen) atoms. The first-order valence-corrected chi connectivity index (χ1v) is 6.60. The Bertz CT molecular complexity index is 436. The number of carbonyl (C=O) groups is 1. The summed E-state index contributed by atoms with van der Waals surface area (Å²) in [7, 11) is 1.64. The number of carbonyl (C=O) groups excluding carboxylic acids is 1. The second-order valence-electron chi connectivity index (χ2n) is 5.21. The fraction of sp³-hybridized carbons (Fsp3) is 0.533. The van der Waals surface area contributed by atoms with E-state index in [2.05, 4.69) is 13.8 Å². The number of aryl methyl sites for hydroxylation is 1. The molecule has 0 bridgehead atoms. The van der Waals surface area contributed by atoms with E-state index in [1.165, 1.54) is 0 Å². The van der Waals surface area contributed by atoms with Gasteiger partial charge in [-0.25, -0.2) is 0 Å². The molecule has 0 heterocycles. The van der Waals surface area contributed by atoms with Crippen LogP contribution in [0.25, 0.3) is 0 Å². The maximum absolute atomic E-state index is 12.6. The molecule has 0 spiro atoms. The lowest BCUT2D eigenvalue weighted by molar-refractivity contribution is 0.0671. The normalized spacial score (nSPS) is 10.2. The van der Waals surface area contributed by atoms with E-state index in [4.69, 9.17) is 10.5 Å². The van der Waals surface area contributed by atoms with Gasteiger partial charge in [-0.05, 0) is 30.5 Å². The number of methoxy groups -OCH3 is 1. The fourth-order valence-corrected chi connectivity index (χ4v) is 1.96. The number of anilines is 1. The number of rotatable bonds is 6. The van der Waals surface area contributed by atoms with Crippen molar-refractivity contribution in [1.29, 1.82) is 0 Å². The third kappa shape index (κ3) is 5.39. The van der Waals surface area contributed by atoms with Crippen molar-refractivity contribution in [2.45, 2.75) is 20.8 Å². The Hall–Kier alpha value is -1.26. The fourth-order valence-electron chi connectivity index (χ4n) is 1.96. The number of nitrogens with zero attached hydrogens (tertiary/aromatic N) is 1. The summed E-state index contributed by atoms with van der Waals surface area (Å²) < 4.78 is 5.08. The molecule has 0 atom stereocenters. The van der Waals surface area contributed by atoms with Crippen molar-refractivity contribution in [3.63, 3.8) is 0 Å². The topological polar surface area (TPSA) is 55.6 Å². The van der Waals surface area contributed by atoms with E-state index in [1.807, 2.05) is 24.0 Å². The van der Waals surface area contributed by atoms with Crippen molar-refractivity contribution in [2.75, 3.05) is 32.5 Å². The van der Waals surface area contributed by atoms with Gasteiger partial charge in [0.1, 0.15) is 0 Å². The van der Waals surface area contributed by atoms with Gasteiger partial charge < -0.3 is 15.4 Å². The van der Waals surface area contributed by atoms with Gasteiger partial charge in [0.15, 0.2) is 0 Å². The summed E-state index contributed by atoms with van der Waals surface area (Å²) >= 11 is 0. The van der Waals surface area contributed by atoms with Gasteiger partial charge in [0.25, 0.3) is 5.91 Å². The second kappa shape index (κ2) is 8.82. The van der Waals surface area contributed by atoms with E-state index in [0.717, 1.165) is 12.1 Å². The van der Waals surface area contributed by atoms with Gasteiger partial charge >= 0.3 is 0 Å². The van der Waals surface area contributed by atoms with Gasteiger partial charge in [0.2, 0.25) is 0 Å². The van der Waals surface area contributed by atoms with E-state index >= 15 is 0 Å². The minimum atomic E-state index is 0. The molecule has 4 nitrogen and oxygen atoms in total. The van der Waals surface area contributed by atoms with E-state index < -0.39 is 0 Å². The molecule has 0 radical (unpaired) electrons. The molecular weight excluding hydrogens is 276 g/mol. The molecule has 0 aromatic heterocycles. The molecule has 0 aliphatic rings. The molecule has 1 amide bonds. The predicted octanol–water partition coefficient (Wildman–Crippen LogP) is 2.74. The molecule has 1 rings (SSSR count). The van der Waals surface area contributed by atoms with Gasteiger partial charge in [-0.15, -0.1) is 12.4 Å². The summed E-state index contributed by atoms with van der Waals surface area (Å²) in [5, 5.41) is 0. The van der Waals surface area contributed by atoms with Gasteiger partial charge in [-0.1, -0.05) is 19.9 Å². The van der Waals surface area contributed by atoms with Crippen LogP contribution in [0.4, 0.5) is 5.69 Å². The first-order chi connectivity index (χ1) is 8.95. The van der Waals surface area contributed by atoms with Gasteiger partial charge in [-0.3, -0.25) is 4.79 Å². The van der Waals surface area contributed by atoms with E-state index in [9.17, 15) is 4.79 Å². The maximum Gasteiger partial charge on any atom is 0.254 e. The van der Waals surface area contributed by atoms with Crippen LogP contribution in [0.1, 0.15) is 29.8 Å². The van der Waals surface area contributed by atoms with Crippen LogP contribution in [0.15, 0.2) is 18.2 Å². The molecule has 0 fully saturated rings. The number of ether oxygens (including phenoxy) is 1. The lowest BCUT2D eigenvalue weighted by Gasteiger charge is -2.25. The summed E-state index contributed by atoms with van der Waals surface area (Å²) in [5.74, 6) is 0.442. The smallest absolute Gasteiger partial charge is 0.254 e. The lowest BCUT2D eigenvalue weighted by Crippen LogP contribution is -2.37. The summed E-state index contributed by atoms with van der Waals surface area (Å²) in [6.45, 7) is 7.98. The summed E-state index contributed by atoms with van der Waals surface area (Å²) in [4.78, 5) is 14.4. The highest BCUT2D eigenvalue weighted by molar-refractivity contribution is 5.96. The number of benzene rings is 1. The van der Waals surface area contributed by atoms with Crippen LogP contribution in [0.3, 0.4) is 0 Å². The van der Waals surface area contributed by atoms with Crippen molar-refractivity contribution in [2.24, 2.45) is 5.92 Å². The Morgan fingerprint density at radius 3 is 2.60 bits per heavy atom. The molecular formula is C15H25ClN2O2. The summed E-state index contributed by atoms with van der Waals surface area (Å²) in [6.07, 6.45) is 0. The van der Waals surface area contributed by atoms with Crippen LogP contribution in [-0.2, 0) is 4.74 Å². The van der Waals surface area contributed by atoms with Gasteiger partial charge in [0.05, 0.1) is 6.61 Å². The number of nitrogens with two attached hydrogens (primary N) is 1. The molecule has 2 N–H and O–H groups in total. The van der Waals surface area contributed by atoms with E-state index in [1.54, 1.807) is 13.2 Å². The Morgan fingerprint density at radius 1 is 1.40 bits per heavy atom. The SMILES string of the molecule is COCCN(CC(C)C)C(=O)c1cc(N)ccc1C.Cl. The molecule has 0 unspecified atom stereocenters. The predicted molar refractivity (Wildman–Crippen MR) is 85.5 cm³/mol. The average molecular weight is 301 g/mol. The zero-order valence-corrected chi connectivity index (χ0v) is 13.5. The third-order valence-corrected chi connectivity index (χ3v) is 2.93. The quantitative estimate of drug-likeness (QED) is 0.822. The van der Waals surface area contributed by atoms with Gasteiger partial charge in [-0.2, -0.15) is 0 Å². The lowest BCUT2D eigenvalue weighted by atomic mass is 10.1. The van der Waals surface area contributed by atoms with Crippen molar-refractivity contribution < 1.29 is 9.53 Å². The van der Waals surface area contributed by atoms with Crippen LogP contribution in [0.2, 0.25) is 0 Å². The van der Waals surface area contributed by atoms with E-state index in [0.29, 0.717) is 30.3 Å². The second-order valence-corrected chi connectivity index (χ2v) is 5.21. The standard InChI is InChI=1S/C15H24N2O2.ClH/c1-11(2)10-17(7-8-19-4)15(18)14-9-13(16)6-5-12(14)3;/h5-6,9,11H,7-8,10,16H2,1-4H3;1H. The molecule has 0 aliphatic heterocycles. The Kier molecular flexibility index (Phi) is 8.26. The number of hydrogen-bond acceptors (Lipinski definition) is 3. The van der Waals surface area contributed by atoms with Crippen LogP contribution in [0.5, 0.6) is 0 Å². The maximum atomic E-state index is 12.6. The third-order valence-electron chi connectivity index (χ3n) is 2.93. The van der Waals surface area contributed by atoms with Crippen LogP contribution < -0.4 is 5.73 Å². The molecule has 1 aromatic carbocycles. The minimum absolute atomic E-state index is 0. The zero-order chi connectivity index (χ0) is 14.4. The first-order valence-electron chi connectivity index (χ1n) is 6.60. The molecule has 114 valence electrons. The first kappa shape index (κ1) is 18.7. The highest BCUT2D eigenvalue weighted by Gasteiger charge is 2.18. The van der Waals surface area contributed by atoms with Crippen LogP contribution in [-0.4, -0.2) is 37.6 Å². The van der Waals surface area contributed by atoms with Crippen LogP contribution in [0, 0.1) is 12.8 Å². The number of nitrogen functional groups attached to an aromatic ring is 1. The molecule has 0 saturated carbocycles. The Morgan fingerprint density at radius 2 is 2.05 bits per heavy atom. The van der Waals surface area contributed by atoms with Gasteiger partial charge in [0, 0.05) is 31.5 Å². The van der Waals surface area contributed by atoms with Crippen molar-refractivity contribution in [1.82, 2.24) is 4.90 Å². The number of amides is 1. The largest absolute Gasteiger partial charge is 0.399 e. The van der Waals surface area contributed by atoms with Crippen molar-refractivity contribution in [3.05, 3.63) is 29.3 Å². The van der Waals surface area contributed by atoms with E-state index in [-0.39, 0.29) is 18.3 Å². The van der Waals surface area contributed by atoms with Crippen LogP contribution >= 0.6 is 12.4 Å². The summed E-state index contributed by atoms with van der Waals surface area (Å²) in [6, 6.07) is 5.44. The Labute approximate surface area is 127 Å². The number of hydrogen-bond donors (Lipinski definition) is 1. The molecule has 5 heteroatoms. The average Bonchev–Trinajstić information content (AvgIpc) is 2.36. The number of halogens is 1. The summed E-state index contributed by atoms with van der Waals surface area (Å²) in [5.41, 5.74) is 8.01. The monoisotopic (exact) mass is 300 g/mol.